The van der Waals surface area contributed by atoms with E-state index in [4.69, 9.17) is 4.52 Å². The summed E-state index contributed by atoms with van der Waals surface area (Å²) in [6.07, 6.45) is -4.42. The largest absolute Gasteiger partial charge is 0.416 e. The Bertz CT molecular complexity index is 658. The Morgan fingerprint density at radius 3 is 2.86 bits per heavy atom. The lowest BCUT2D eigenvalue weighted by Crippen LogP contribution is -2.19. The highest BCUT2D eigenvalue weighted by Gasteiger charge is 2.30. The molecule has 0 saturated carbocycles. The zero-order valence-corrected chi connectivity index (χ0v) is 12.3. The summed E-state index contributed by atoms with van der Waals surface area (Å²) in [5, 5.41) is 6.13. The smallest absolute Gasteiger partial charge is 0.358 e. The Labute approximate surface area is 128 Å². The molecule has 5 nitrogen and oxygen atoms in total. The van der Waals surface area contributed by atoms with Crippen molar-refractivity contribution in [1.29, 1.82) is 0 Å². The number of halogens is 3. The number of thioether (sulfide) groups is 1. The molecule has 2 aromatic rings. The number of hydrogen-bond donors (Lipinski definition) is 1. The number of rotatable bonds is 5. The maximum absolute atomic E-state index is 12.7. The molecule has 0 aliphatic rings. The molecule has 22 heavy (non-hydrogen) atoms. The maximum atomic E-state index is 12.7. The van der Waals surface area contributed by atoms with Crippen LogP contribution in [0.2, 0.25) is 0 Å². The van der Waals surface area contributed by atoms with Crippen LogP contribution in [0.5, 0.6) is 0 Å². The molecular formula is C13H12F3N3O2S. The van der Waals surface area contributed by atoms with Crippen LogP contribution in [0.25, 0.3) is 11.4 Å². The predicted octanol–water partition coefficient (Wildman–Crippen LogP) is 2.73. The number of amides is 1. The molecule has 0 aliphatic carbocycles. The topological polar surface area (TPSA) is 68.0 Å². The first-order valence-electron chi connectivity index (χ1n) is 6.18. The third-order valence-corrected chi connectivity index (χ3v) is 3.57. The molecule has 0 radical (unpaired) electrons. The van der Waals surface area contributed by atoms with Gasteiger partial charge >= 0.3 is 6.18 Å². The Morgan fingerprint density at radius 1 is 1.41 bits per heavy atom. The van der Waals surface area contributed by atoms with E-state index in [2.05, 4.69) is 15.5 Å². The van der Waals surface area contributed by atoms with Gasteiger partial charge in [0.05, 0.1) is 17.1 Å². The van der Waals surface area contributed by atoms with Crippen molar-refractivity contribution in [3.05, 3.63) is 35.7 Å². The molecule has 1 aromatic carbocycles. The van der Waals surface area contributed by atoms with Crippen molar-refractivity contribution in [2.45, 2.75) is 11.9 Å². The Hall–Kier alpha value is -2.03. The van der Waals surface area contributed by atoms with Crippen LogP contribution in [0.4, 0.5) is 13.2 Å². The van der Waals surface area contributed by atoms with Crippen LogP contribution in [0.15, 0.2) is 28.8 Å². The standard InChI is InChI=1S/C13H12F3N3O2S/c1-17-10(20)6-22-7-11-18-12(19-21-11)8-3-2-4-9(5-8)13(14,15)16/h2-5H,6-7H2,1H3,(H,17,20). The molecule has 1 N–H and O–H groups in total. The Kier molecular flexibility index (Phi) is 5.07. The predicted molar refractivity (Wildman–Crippen MR) is 75.0 cm³/mol. The summed E-state index contributed by atoms with van der Waals surface area (Å²) in [5.74, 6) is 0.738. The number of hydrogen-bond acceptors (Lipinski definition) is 5. The highest BCUT2D eigenvalue weighted by molar-refractivity contribution is 7.99. The average Bonchev–Trinajstić information content (AvgIpc) is 2.95. The first-order valence-corrected chi connectivity index (χ1v) is 7.34. The molecule has 1 aromatic heterocycles. The molecule has 0 bridgehead atoms. The molecule has 2 rings (SSSR count). The second-order valence-corrected chi connectivity index (χ2v) is 5.24. The normalized spacial score (nSPS) is 11.5. The molecule has 0 aliphatic heterocycles. The van der Waals surface area contributed by atoms with Crippen molar-refractivity contribution < 1.29 is 22.5 Å². The number of nitrogens with zero attached hydrogens (tertiary/aromatic N) is 2. The van der Waals surface area contributed by atoms with E-state index < -0.39 is 11.7 Å². The van der Waals surface area contributed by atoms with Crippen molar-refractivity contribution in [2.75, 3.05) is 12.8 Å². The van der Waals surface area contributed by atoms with E-state index in [9.17, 15) is 18.0 Å². The molecule has 1 amide bonds. The van der Waals surface area contributed by atoms with E-state index in [0.29, 0.717) is 5.75 Å². The van der Waals surface area contributed by atoms with Crippen LogP contribution in [-0.2, 0) is 16.7 Å². The first kappa shape index (κ1) is 16.3. The fraction of sp³-hybridized carbons (Fsp3) is 0.308. The number of nitrogens with one attached hydrogen (secondary N) is 1. The van der Waals surface area contributed by atoms with Gasteiger partial charge in [0.25, 0.3) is 0 Å². The van der Waals surface area contributed by atoms with E-state index in [-0.39, 0.29) is 28.9 Å². The SMILES string of the molecule is CNC(=O)CSCc1nc(-c2cccc(C(F)(F)F)c2)no1. The molecule has 0 saturated heterocycles. The fourth-order valence-corrected chi connectivity index (χ4v) is 2.29. The number of alkyl halides is 3. The highest BCUT2D eigenvalue weighted by Crippen LogP contribution is 2.31. The van der Waals surface area contributed by atoms with Crippen molar-refractivity contribution in [1.82, 2.24) is 15.5 Å². The number of carbonyl (C=O) groups is 1. The van der Waals surface area contributed by atoms with Crippen LogP contribution in [0.1, 0.15) is 11.5 Å². The summed E-state index contributed by atoms with van der Waals surface area (Å²) in [5.41, 5.74) is -0.550. The number of benzene rings is 1. The quantitative estimate of drug-likeness (QED) is 0.912. The lowest BCUT2D eigenvalue weighted by Gasteiger charge is -2.06. The van der Waals surface area contributed by atoms with Crippen LogP contribution in [-0.4, -0.2) is 28.8 Å². The van der Waals surface area contributed by atoms with E-state index in [1.807, 2.05) is 0 Å². The van der Waals surface area contributed by atoms with Gasteiger partial charge in [-0.25, -0.2) is 0 Å². The van der Waals surface area contributed by atoms with E-state index in [0.717, 1.165) is 12.1 Å². The third kappa shape index (κ3) is 4.23. The zero-order chi connectivity index (χ0) is 16.2. The molecule has 1 heterocycles. The third-order valence-electron chi connectivity index (χ3n) is 2.65. The first-order chi connectivity index (χ1) is 10.4. The second-order valence-electron chi connectivity index (χ2n) is 4.26. The second kappa shape index (κ2) is 6.82. The van der Waals surface area contributed by atoms with Crippen LogP contribution in [0, 0.1) is 0 Å². The Balaban J connectivity index is 2.07. The maximum Gasteiger partial charge on any atom is 0.416 e. The molecule has 118 valence electrons. The number of carbonyl (C=O) groups excluding carboxylic acids is 1. The number of aromatic nitrogens is 2. The summed E-state index contributed by atoms with van der Waals surface area (Å²) < 4.78 is 42.9. The summed E-state index contributed by atoms with van der Waals surface area (Å²) >= 11 is 1.27. The summed E-state index contributed by atoms with van der Waals surface area (Å²) in [4.78, 5) is 15.1. The lowest BCUT2D eigenvalue weighted by atomic mass is 10.1. The minimum Gasteiger partial charge on any atom is -0.358 e. The minimum atomic E-state index is -4.42. The van der Waals surface area contributed by atoms with Gasteiger partial charge in [-0.05, 0) is 12.1 Å². The molecule has 0 atom stereocenters. The van der Waals surface area contributed by atoms with Gasteiger partial charge in [-0.2, -0.15) is 18.2 Å². The van der Waals surface area contributed by atoms with Gasteiger partial charge in [0.15, 0.2) is 0 Å². The van der Waals surface area contributed by atoms with Crippen LogP contribution < -0.4 is 5.32 Å². The van der Waals surface area contributed by atoms with Gasteiger partial charge in [0.2, 0.25) is 17.6 Å². The van der Waals surface area contributed by atoms with E-state index in [1.54, 1.807) is 0 Å². The molecular weight excluding hydrogens is 319 g/mol. The average molecular weight is 331 g/mol. The van der Waals surface area contributed by atoms with E-state index >= 15 is 0 Å². The summed E-state index contributed by atoms with van der Waals surface area (Å²) in [6, 6.07) is 4.70. The van der Waals surface area contributed by atoms with Crippen LogP contribution in [0.3, 0.4) is 0 Å². The van der Waals surface area contributed by atoms with Gasteiger partial charge in [-0.3, -0.25) is 4.79 Å². The summed E-state index contributed by atoms with van der Waals surface area (Å²) in [7, 11) is 1.53. The molecule has 0 unspecified atom stereocenters. The highest BCUT2D eigenvalue weighted by atomic mass is 32.2. The van der Waals surface area contributed by atoms with Gasteiger partial charge in [0.1, 0.15) is 0 Å². The molecule has 0 spiro atoms. The molecule has 0 fully saturated rings. The van der Waals surface area contributed by atoms with Gasteiger partial charge in [-0.15, -0.1) is 11.8 Å². The van der Waals surface area contributed by atoms with Gasteiger partial charge in [0, 0.05) is 12.6 Å². The summed E-state index contributed by atoms with van der Waals surface area (Å²) in [6.45, 7) is 0. The fourth-order valence-electron chi connectivity index (χ4n) is 1.57. The van der Waals surface area contributed by atoms with E-state index in [1.165, 1.54) is 30.9 Å². The van der Waals surface area contributed by atoms with Crippen molar-refractivity contribution in [2.24, 2.45) is 0 Å². The minimum absolute atomic E-state index is 0.0849. The molecule has 9 heteroatoms. The lowest BCUT2D eigenvalue weighted by molar-refractivity contribution is -0.137. The zero-order valence-electron chi connectivity index (χ0n) is 11.5. The van der Waals surface area contributed by atoms with Crippen molar-refractivity contribution in [3.63, 3.8) is 0 Å². The van der Waals surface area contributed by atoms with Crippen LogP contribution >= 0.6 is 11.8 Å². The van der Waals surface area contributed by atoms with Crippen molar-refractivity contribution >= 4 is 17.7 Å². The van der Waals surface area contributed by atoms with Gasteiger partial charge < -0.3 is 9.84 Å². The van der Waals surface area contributed by atoms with Crippen molar-refractivity contribution in [3.8, 4) is 11.4 Å². The monoisotopic (exact) mass is 331 g/mol. The Morgan fingerprint density at radius 2 is 2.18 bits per heavy atom. The van der Waals surface area contributed by atoms with Gasteiger partial charge in [-0.1, -0.05) is 17.3 Å².